The quantitative estimate of drug-likeness (QED) is 0.831. The van der Waals surface area contributed by atoms with Crippen molar-refractivity contribution in [3.63, 3.8) is 0 Å². The van der Waals surface area contributed by atoms with E-state index in [0.717, 1.165) is 12.8 Å². The highest BCUT2D eigenvalue weighted by molar-refractivity contribution is 5.79. The maximum atomic E-state index is 12.6. The van der Waals surface area contributed by atoms with Gasteiger partial charge in [0.25, 0.3) is 0 Å². The van der Waals surface area contributed by atoms with Crippen LogP contribution in [0.2, 0.25) is 0 Å². The van der Waals surface area contributed by atoms with Crippen molar-refractivity contribution in [1.29, 1.82) is 0 Å². The van der Waals surface area contributed by atoms with Crippen LogP contribution in [0.15, 0.2) is 0 Å². The van der Waals surface area contributed by atoms with E-state index >= 15 is 0 Å². The molecule has 0 aromatic carbocycles. The molecule has 0 saturated carbocycles. The van der Waals surface area contributed by atoms with Gasteiger partial charge in [0.1, 0.15) is 0 Å². The molecular formula is C15H26N2O4. The fraction of sp³-hybridized carbons (Fsp3) is 0.867. The number of aliphatic carboxylic acids is 1. The molecule has 120 valence electrons. The van der Waals surface area contributed by atoms with Crippen molar-refractivity contribution in [2.24, 2.45) is 5.92 Å². The summed E-state index contributed by atoms with van der Waals surface area (Å²) in [5.74, 6) is -1.30. The van der Waals surface area contributed by atoms with E-state index in [1.54, 1.807) is 0 Å². The molecule has 0 aromatic heterocycles. The number of amides is 1. The second-order valence-electron chi connectivity index (χ2n) is 6.39. The van der Waals surface area contributed by atoms with Crippen LogP contribution in [-0.2, 0) is 14.3 Å². The van der Waals surface area contributed by atoms with Crippen molar-refractivity contribution in [3.8, 4) is 0 Å². The first-order valence-electron chi connectivity index (χ1n) is 7.73. The highest BCUT2D eigenvalue weighted by Crippen LogP contribution is 2.24. The molecule has 2 saturated heterocycles. The van der Waals surface area contributed by atoms with Crippen LogP contribution in [0.4, 0.5) is 0 Å². The molecule has 4 unspecified atom stereocenters. The Bertz CT molecular complexity index is 391. The van der Waals surface area contributed by atoms with Crippen LogP contribution in [0.3, 0.4) is 0 Å². The Hall–Kier alpha value is -1.14. The minimum absolute atomic E-state index is 0.0910. The minimum atomic E-state index is -0.850. The van der Waals surface area contributed by atoms with Crippen LogP contribution >= 0.6 is 0 Å². The molecule has 0 spiro atoms. The molecule has 6 heteroatoms. The number of carbonyl (C=O) groups is 2. The number of likely N-dealkylation sites (tertiary alicyclic amines) is 1. The minimum Gasteiger partial charge on any atom is -0.481 e. The topological polar surface area (TPSA) is 70.1 Å². The average Bonchev–Trinajstić information content (AvgIpc) is 2.87. The number of hydrogen-bond donors (Lipinski definition) is 1. The lowest BCUT2D eigenvalue weighted by atomic mass is 9.97. The maximum Gasteiger partial charge on any atom is 0.310 e. The molecule has 2 rings (SSSR count). The van der Waals surface area contributed by atoms with Gasteiger partial charge in [-0.1, -0.05) is 0 Å². The molecule has 0 bridgehead atoms. The summed E-state index contributed by atoms with van der Waals surface area (Å²) in [6, 6.07) is 0.316. The summed E-state index contributed by atoms with van der Waals surface area (Å²) in [6.45, 7) is 5.05. The number of carboxylic acids is 1. The molecule has 0 aliphatic carbocycles. The number of ether oxygens (including phenoxy) is 1. The number of likely N-dealkylation sites (N-methyl/N-ethyl adjacent to an activating group) is 1. The first kappa shape index (κ1) is 16.2. The summed E-state index contributed by atoms with van der Waals surface area (Å²) in [5.41, 5.74) is 0. The van der Waals surface area contributed by atoms with Crippen LogP contribution in [0.5, 0.6) is 0 Å². The van der Waals surface area contributed by atoms with Gasteiger partial charge in [-0.25, -0.2) is 0 Å². The van der Waals surface area contributed by atoms with E-state index in [0.29, 0.717) is 6.61 Å². The molecule has 6 nitrogen and oxygen atoms in total. The Labute approximate surface area is 126 Å². The van der Waals surface area contributed by atoms with E-state index in [2.05, 4.69) is 13.8 Å². The summed E-state index contributed by atoms with van der Waals surface area (Å²) in [5, 5.41) is 9.20. The number of carbonyl (C=O) groups excluding carboxylic acids is 1. The zero-order valence-electron chi connectivity index (χ0n) is 13.1. The third-order valence-electron chi connectivity index (χ3n) is 4.80. The zero-order valence-corrected chi connectivity index (χ0v) is 13.1. The molecule has 21 heavy (non-hydrogen) atoms. The van der Waals surface area contributed by atoms with E-state index in [1.807, 2.05) is 16.8 Å². The van der Waals surface area contributed by atoms with Gasteiger partial charge >= 0.3 is 5.97 Å². The van der Waals surface area contributed by atoms with Gasteiger partial charge in [-0.15, -0.1) is 0 Å². The Kier molecular flexibility index (Phi) is 5.22. The second-order valence-corrected chi connectivity index (χ2v) is 6.39. The highest BCUT2D eigenvalue weighted by Gasteiger charge is 2.38. The van der Waals surface area contributed by atoms with Gasteiger partial charge < -0.3 is 14.7 Å². The van der Waals surface area contributed by atoms with Gasteiger partial charge in [-0.2, -0.15) is 0 Å². The van der Waals surface area contributed by atoms with Crippen LogP contribution in [0.1, 0.15) is 33.1 Å². The molecule has 4 atom stereocenters. The fourth-order valence-corrected chi connectivity index (χ4v) is 3.54. The van der Waals surface area contributed by atoms with Crippen molar-refractivity contribution in [2.45, 2.75) is 51.2 Å². The van der Waals surface area contributed by atoms with Crippen LogP contribution in [-0.4, -0.2) is 71.7 Å². The number of piperidine rings is 1. The van der Waals surface area contributed by atoms with Crippen molar-refractivity contribution >= 4 is 11.9 Å². The molecule has 2 aliphatic rings. The SMILES string of the molecule is CC1CCCC(C)N1C(=O)CN(C)C1COCC1C(=O)O. The molecule has 2 fully saturated rings. The number of hydrogen-bond acceptors (Lipinski definition) is 4. The predicted octanol–water partition coefficient (Wildman–Crippen LogP) is 0.807. The normalized spacial score (nSPS) is 33.4. The van der Waals surface area contributed by atoms with E-state index in [4.69, 9.17) is 4.74 Å². The lowest BCUT2D eigenvalue weighted by molar-refractivity contribution is -0.145. The Balaban J connectivity index is 1.96. The third-order valence-corrected chi connectivity index (χ3v) is 4.80. The summed E-state index contributed by atoms with van der Waals surface area (Å²) in [6.07, 6.45) is 3.26. The first-order valence-corrected chi connectivity index (χ1v) is 7.73. The average molecular weight is 298 g/mol. The number of carboxylic acid groups (broad SMARTS) is 1. The number of rotatable bonds is 4. The molecular weight excluding hydrogens is 272 g/mol. The Morgan fingerprint density at radius 3 is 2.43 bits per heavy atom. The van der Waals surface area contributed by atoms with Gasteiger partial charge in [-0.05, 0) is 40.2 Å². The van der Waals surface area contributed by atoms with E-state index in [1.165, 1.54) is 6.42 Å². The standard InChI is InChI=1S/C15H26N2O4/c1-10-5-4-6-11(2)17(10)14(18)7-16(3)13-9-21-8-12(13)15(19)20/h10-13H,4-9H2,1-3H3,(H,19,20). The van der Waals surface area contributed by atoms with Gasteiger partial charge in [0.15, 0.2) is 0 Å². The summed E-state index contributed by atoms with van der Waals surface area (Å²) < 4.78 is 5.27. The molecule has 1 N–H and O–H groups in total. The molecule has 1 amide bonds. The van der Waals surface area contributed by atoms with Crippen molar-refractivity contribution in [1.82, 2.24) is 9.80 Å². The molecule has 0 radical (unpaired) electrons. The maximum absolute atomic E-state index is 12.6. The summed E-state index contributed by atoms with van der Waals surface area (Å²) in [4.78, 5) is 27.6. The molecule has 2 heterocycles. The van der Waals surface area contributed by atoms with Crippen LogP contribution < -0.4 is 0 Å². The van der Waals surface area contributed by atoms with Crippen LogP contribution in [0.25, 0.3) is 0 Å². The third kappa shape index (κ3) is 3.55. The lowest BCUT2D eigenvalue weighted by Gasteiger charge is -2.40. The lowest BCUT2D eigenvalue weighted by Crippen LogP contribution is -2.52. The van der Waals surface area contributed by atoms with Crippen LogP contribution in [0, 0.1) is 5.92 Å². The largest absolute Gasteiger partial charge is 0.481 e. The molecule has 2 aliphatic heterocycles. The van der Waals surface area contributed by atoms with E-state index < -0.39 is 11.9 Å². The van der Waals surface area contributed by atoms with E-state index in [-0.39, 0.29) is 37.2 Å². The Morgan fingerprint density at radius 2 is 1.86 bits per heavy atom. The fourth-order valence-electron chi connectivity index (χ4n) is 3.54. The monoisotopic (exact) mass is 298 g/mol. The smallest absolute Gasteiger partial charge is 0.310 e. The summed E-state index contributed by atoms with van der Waals surface area (Å²) in [7, 11) is 1.81. The van der Waals surface area contributed by atoms with Crippen molar-refractivity contribution in [3.05, 3.63) is 0 Å². The van der Waals surface area contributed by atoms with Gasteiger partial charge in [0.2, 0.25) is 5.91 Å². The van der Waals surface area contributed by atoms with Gasteiger partial charge in [0.05, 0.1) is 25.7 Å². The Morgan fingerprint density at radius 1 is 1.24 bits per heavy atom. The molecule has 0 aromatic rings. The van der Waals surface area contributed by atoms with Crippen molar-refractivity contribution < 1.29 is 19.4 Å². The highest BCUT2D eigenvalue weighted by atomic mass is 16.5. The summed E-state index contributed by atoms with van der Waals surface area (Å²) >= 11 is 0. The van der Waals surface area contributed by atoms with Crippen molar-refractivity contribution in [2.75, 3.05) is 26.8 Å². The second kappa shape index (κ2) is 6.75. The first-order chi connectivity index (χ1) is 9.91. The predicted molar refractivity (Wildman–Crippen MR) is 78.0 cm³/mol. The zero-order chi connectivity index (χ0) is 15.6. The number of nitrogens with zero attached hydrogens (tertiary/aromatic N) is 2. The van der Waals surface area contributed by atoms with E-state index in [9.17, 15) is 14.7 Å². The van der Waals surface area contributed by atoms with Gasteiger partial charge in [-0.3, -0.25) is 14.5 Å². The van der Waals surface area contributed by atoms with Gasteiger partial charge in [0, 0.05) is 18.1 Å².